The second-order valence-electron chi connectivity index (χ2n) is 6.09. The molecule has 0 atom stereocenters. The Bertz CT molecular complexity index is 993. The summed E-state index contributed by atoms with van der Waals surface area (Å²) in [6.07, 6.45) is 0. The first-order chi connectivity index (χ1) is 13.3. The van der Waals surface area contributed by atoms with Crippen molar-refractivity contribution < 1.29 is 29.3 Å². The normalized spacial score (nSPS) is 14.0. The molecule has 5 N–H and O–H groups in total. The summed E-state index contributed by atoms with van der Waals surface area (Å²) in [5, 5.41) is 19.1. The molecule has 0 radical (unpaired) electrons. The number of benzene rings is 1. The molecular formula is C18H19N3O7. The Labute approximate surface area is 159 Å². The molecule has 0 saturated carbocycles. The number of aromatic carboxylic acids is 2. The maximum atomic E-state index is 12.2. The number of nitrogens with zero attached hydrogens (tertiary/aromatic N) is 1. The van der Waals surface area contributed by atoms with E-state index in [4.69, 9.17) is 15.2 Å². The summed E-state index contributed by atoms with van der Waals surface area (Å²) in [5.41, 5.74) is 4.10. The standard InChI is InChI=1S/C18H19N3O7/c1-27-11-8-9(21-4-6-28-7-5-21)2-3-10(11)12-13(17(23)24)15(19)20-16(22)14(12)18(25)26/h2-3,8H,4-7H2,1H3,(H,23,24)(H,25,26)(H3,19,20,22). The molecule has 1 aliphatic rings. The third-order valence-electron chi connectivity index (χ3n) is 4.50. The fourth-order valence-electron chi connectivity index (χ4n) is 3.22. The van der Waals surface area contributed by atoms with Crippen molar-refractivity contribution >= 4 is 23.4 Å². The Morgan fingerprint density at radius 3 is 2.39 bits per heavy atom. The number of hydrogen-bond acceptors (Lipinski definition) is 7. The number of nitrogen functional groups attached to an aromatic ring is 1. The molecular weight excluding hydrogens is 370 g/mol. The van der Waals surface area contributed by atoms with E-state index in [1.54, 1.807) is 12.1 Å². The zero-order valence-electron chi connectivity index (χ0n) is 15.0. The number of nitrogens with two attached hydrogens (primary N) is 1. The van der Waals surface area contributed by atoms with Crippen molar-refractivity contribution in [2.75, 3.05) is 44.0 Å². The van der Waals surface area contributed by atoms with Crippen LogP contribution in [-0.2, 0) is 4.74 Å². The SMILES string of the molecule is COc1cc(N2CCOCC2)ccc1-c1c(C(=O)O)c(N)[nH]c(=O)c1C(=O)O. The molecule has 10 heteroatoms. The van der Waals surface area contributed by atoms with Crippen LogP contribution in [0.4, 0.5) is 11.5 Å². The Morgan fingerprint density at radius 1 is 1.18 bits per heavy atom. The average Bonchev–Trinajstić information content (AvgIpc) is 2.66. The number of aromatic nitrogens is 1. The maximum absolute atomic E-state index is 12.2. The van der Waals surface area contributed by atoms with Crippen molar-refractivity contribution in [3.8, 4) is 16.9 Å². The minimum Gasteiger partial charge on any atom is -0.496 e. The summed E-state index contributed by atoms with van der Waals surface area (Å²) in [6, 6.07) is 4.89. The van der Waals surface area contributed by atoms with Gasteiger partial charge in [0.25, 0.3) is 5.56 Å². The topological polar surface area (TPSA) is 155 Å². The molecule has 1 aromatic heterocycles. The van der Waals surface area contributed by atoms with Crippen LogP contribution in [0.15, 0.2) is 23.0 Å². The number of carboxylic acids is 2. The second-order valence-corrected chi connectivity index (χ2v) is 6.09. The third kappa shape index (κ3) is 3.37. The molecule has 1 aromatic carbocycles. The predicted molar refractivity (Wildman–Crippen MR) is 100 cm³/mol. The number of aromatic amines is 1. The fourth-order valence-corrected chi connectivity index (χ4v) is 3.22. The number of carboxylic acid groups (broad SMARTS) is 2. The van der Waals surface area contributed by atoms with Crippen molar-refractivity contribution in [2.45, 2.75) is 0 Å². The summed E-state index contributed by atoms with van der Waals surface area (Å²) in [6.45, 7) is 2.48. The molecule has 1 saturated heterocycles. The molecule has 0 bridgehead atoms. The van der Waals surface area contributed by atoms with Crippen LogP contribution in [-0.4, -0.2) is 60.5 Å². The number of rotatable bonds is 5. The van der Waals surface area contributed by atoms with Gasteiger partial charge in [-0.1, -0.05) is 0 Å². The van der Waals surface area contributed by atoms with E-state index >= 15 is 0 Å². The Morgan fingerprint density at radius 2 is 1.82 bits per heavy atom. The monoisotopic (exact) mass is 389 g/mol. The molecule has 0 aliphatic carbocycles. The number of morpholine rings is 1. The van der Waals surface area contributed by atoms with Gasteiger partial charge in [0.15, 0.2) is 0 Å². The van der Waals surface area contributed by atoms with Crippen LogP contribution in [0.1, 0.15) is 20.7 Å². The number of H-pyrrole nitrogens is 1. The number of hydrogen-bond donors (Lipinski definition) is 4. The van der Waals surface area contributed by atoms with Gasteiger partial charge in [-0.3, -0.25) is 4.79 Å². The van der Waals surface area contributed by atoms with Crippen LogP contribution in [0.2, 0.25) is 0 Å². The zero-order valence-corrected chi connectivity index (χ0v) is 15.0. The van der Waals surface area contributed by atoms with Gasteiger partial charge in [-0.05, 0) is 12.1 Å². The van der Waals surface area contributed by atoms with E-state index in [1.165, 1.54) is 13.2 Å². The minimum atomic E-state index is -1.57. The maximum Gasteiger partial charge on any atom is 0.342 e. The molecule has 0 spiro atoms. The first-order valence-electron chi connectivity index (χ1n) is 8.38. The molecule has 3 rings (SSSR count). The van der Waals surface area contributed by atoms with E-state index < -0.39 is 34.4 Å². The van der Waals surface area contributed by atoms with Crippen LogP contribution in [0.25, 0.3) is 11.1 Å². The van der Waals surface area contributed by atoms with E-state index in [-0.39, 0.29) is 16.9 Å². The van der Waals surface area contributed by atoms with E-state index in [0.29, 0.717) is 26.3 Å². The van der Waals surface area contributed by atoms with Crippen LogP contribution >= 0.6 is 0 Å². The fraction of sp³-hybridized carbons (Fsp3) is 0.278. The summed E-state index contributed by atoms with van der Waals surface area (Å²) in [7, 11) is 1.37. The van der Waals surface area contributed by atoms with Crippen molar-refractivity contribution in [3.05, 3.63) is 39.7 Å². The Hall–Kier alpha value is -3.53. The lowest BCUT2D eigenvalue weighted by atomic mass is 9.94. The van der Waals surface area contributed by atoms with Gasteiger partial charge in [0, 0.05) is 36.0 Å². The number of anilines is 2. The van der Waals surface area contributed by atoms with Crippen molar-refractivity contribution in [2.24, 2.45) is 0 Å². The van der Waals surface area contributed by atoms with E-state index in [1.807, 2.05) is 0 Å². The minimum absolute atomic E-state index is 0.145. The number of methoxy groups -OCH3 is 1. The molecule has 2 aromatic rings. The highest BCUT2D eigenvalue weighted by Crippen LogP contribution is 2.38. The quantitative estimate of drug-likeness (QED) is 0.582. The van der Waals surface area contributed by atoms with Gasteiger partial charge in [-0.25, -0.2) is 9.59 Å². The highest BCUT2D eigenvalue weighted by Gasteiger charge is 2.28. The molecule has 1 aliphatic heterocycles. The van der Waals surface area contributed by atoms with E-state index in [0.717, 1.165) is 5.69 Å². The molecule has 28 heavy (non-hydrogen) atoms. The summed E-state index contributed by atoms with van der Waals surface area (Å²) in [4.78, 5) is 39.8. The molecule has 0 unspecified atom stereocenters. The third-order valence-corrected chi connectivity index (χ3v) is 4.50. The van der Waals surface area contributed by atoms with E-state index in [9.17, 15) is 24.6 Å². The average molecular weight is 389 g/mol. The van der Waals surface area contributed by atoms with Gasteiger partial charge in [0.05, 0.1) is 20.3 Å². The van der Waals surface area contributed by atoms with Crippen LogP contribution < -0.4 is 20.9 Å². The molecule has 0 amide bonds. The zero-order chi connectivity index (χ0) is 20.4. The Kier molecular flexibility index (Phi) is 5.23. The van der Waals surface area contributed by atoms with Crippen LogP contribution in [0.5, 0.6) is 5.75 Å². The summed E-state index contributed by atoms with van der Waals surface area (Å²) in [5.74, 6) is -3.25. The number of carbonyl (C=O) groups is 2. The van der Waals surface area contributed by atoms with Crippen molar-refractivity contribution in [1.82, 2.24) is 4.98 Å². The van der Waals surface area contributed by atoms with Gasteiger partial charge < -0.3 is 35.3 Å². The van der Waals surface area contributed by atoms with Gasteiger partial charge in [-0.2, -0.15) is 0 Å². The number of nitrogens with one attached hydrogen (secondary N) is 1. The van der Waals surface area contributed by atoms with Gasteiger partial charge in [0.1, 0.15) is 22.7 Å². The highest BCUT2D eigenvalue weighted by atomic mass is 16.5. The molecule has 2 heterocycles. The second kappa shape index (κ2) is 7.61. The van der Waals surface area contributed by atoms with Crippen molar-refractivity contribution in [1.29, 1.82) is 0 Å². The highest BCUT2D eigenvalue weighted by molar-refractivity contribution is 6.08. The first kappa shape index (κ1) is 19.2. The van der Waals surface area contributed by atoms with Gasteiger partial charge in [0.2, 0.25) is 0 Å². The number of pyridine rings is 1. The predicted octanol–water partition coefficient (Wildman–Crippen LogP) is 0.866. The van der Waals surface area contributed by atoms with E-state index in [2.05, 4.69) is 9.88 Å². The lowest BCUT2D eigenvalue weighted by Gasteiger charge is -2.29. The number of ether oxygens (including phenoxy) is 2. The van der Waals surface area contributed by atoms with Gasteiger partial charge in [-0.15, -0.1) is 0 Å². The summed E-state index contributed by atoms with van der Waals surface area (Å²) < 4.78 is 10.7. The molecule has 1 fully saturated rings. The smallest absolute Gasteiger partial charge is 0.342 e. The summed E-state index contributed by atoms with van der Waals surface area (Å²) >= 11 is 0. The Balaban J connectivity index is 2.26. The lowest BCUT2D eigenvalue weighted by molar-refractivity contribution is 0.0695. The first-order valence-corrected chi connectivity index (χ1v) is 8.38. The largest absolute Gasteiger partial charge is 0.496 e. The van der Waals surface area contributed by atoms with Crippen molar-refractivity contribution in [3.63, 3.8) is 0 Å². The molecule has 10 nitrogen and oxygen atoms in total. The lowest BCUT2D eigenvalue weighted by Crippen LogP contribution is -2.36. The van der Waals surface area contributed by atoms with Crippen LogP contribution in [0, 0.1) is 0 Å². The van der Waals surface area contributed by atoms with Gasteiger partial charge >= 0.3 is 11.9 Å². The van der Waals surface area contributed by atoms with Crippen LogP contribution in [0.3, 0.4) is 0 Å². The molecule has 148 valence electrons.